The monoisotopic (exact) mass is 135 g/mol. The molecule has 1 aliphatic rings. The van der Waals surface area contributed by atoms with Gasteiger partial charge in [-0.15, -0.1) is 0 Å². The fraction of sp³-hybridized carbons (Fsp3) is 0.667. The van der Waals surface area contributed by atoms with Gasteiger partial charge in [0.1, 0.15) is 11.1 Å². The van der Waals surface area contributed by atoms with E-state index in [9.17, 15) is 8.42 Å². The van der Waals surface area contributed by atoms with E-state index in [1.807, 2.05) is 0 Å². The van der Waals surface area contributed by atoms with Crippen LogP contribution < -0.4 is 5.32 Å². The molecule has 0 amide bonds. The first-order valence-electron chi connectivity index (χ1n) is 2.10. The maximum atomic E-state index is 9.93. The Labute approximate surface area is 47.7 Å². The molecule has 1 rings (SSSR count). The summed E-state index contributed by atoms with van der Waals surface area (Å²) in [7, 11) is -2.25. The zero-order chi connectivity index (χ0) is 6.15. The molecule has 0 saturated carbocycles. The average Bonchev–Trinajstić information content (AvgIpc) is 1.61. The highest BCUT2D eigenvalue weighted by Crippen LogP contribution is 1.91. The highest BCUT2D eigenvalue weighted by molar-refractivity contribution is 7.73. The Bertz CT molecular complexity index is 209. The van der Waals surface area contributed by atoms with Crippen molar-refractivity contribution in [3.63, 3.8) is 0 Å². The number of hydrogen-bond donors (Lipinski definition) is 2. The summed E-state index contributed by atoms with van der Waals surface area (Å²) in [5.74, 6) is 0. The van der Waals surface area contributed by atoms with Gasteiger partial charge in [-0.25, -0.2) is 0 Å². The normalized spacial score (nSPS) is 27.1. The van der Waals surface area contributed by atoms with Crippen LogP contribution in [-0.4, -0.2) is 31.2 Å². The first-order valence-corrected chi connectivity index (χ1v) is 3.17. The van der Waals surface area contributed by atoms with Crippen LogP contribution in [0, 0.1) is 0 Å². The van der Waals surface area contributed by atoms with Gasteiger partial charge in [-0.1, -0.05) is 0 Å². The van der Waals surface area contributed by atoms with Crippen LogP contribution in [0.5, 0.6) is 0 Å². The molecule has 46 valence electrons. The molecule has 0 aliphatic carbocycles. The van der Waals surface area contributed by atoms with Crippen LogP contribution in [0.2, 0.25) is 0 Å². The molecule has 1 fully saturated rings. The maximum absolute atomic E-state index is 9.93. The van der Waals surface area contributed by atoms with Crippen molar-refractivity contribution >= 4 is 15.3 Å². The first kappa shape index (κ1) is 5.74. The molecule has 0 aromatic heterocycles. The first-order chi connectivity index (χ1) is 3.72. The van der Waals surface area contributed by atoms with Crippen LogP contribution in [-0.2, 0) is 10.3 Å². The van der Waals surface area contributed by atoms with Crippen molar-refractivity contribution < 1.29 is 13.5 Å². The van der Waals surface area contributed by atoms with Crippen LogP contribution in [0.15, 0.2) is 0 Å². The SMILES string of the molecule is O=S(=O)=C1NCC1O. The summed E-state index contributed by atoms with van der Waals surface area (Å²) < 4.78 is 19.9. The lowest BCUT2D eigenvalue weighted by molar-refractivity contribution is 0.214. The zero-order valence-electron chi connectivity index (χ0n) is 3.96. The van der Waals surface area contributed by atoms with Crippen molar-refractivity contribution in [2.24, 2.45) is 0 Å². The molecule has 0 radical (unpaired) electrons. The average molecular weight is 135 g/mol. The number of nitrogens with one attached hydrogen (secondary N) is 1. The lowest BCUT2D eigenvalue weighted by atomic mass is 10.2. The van der Waals surface area contributed by atoms with Gasteiger partial charge in [0.25, 0.3) is 0 Å². The molecule has 1 atom stereocenters. The summed E-state index contributed by atoms with van der Waals surface area (Å²) in [6.07, 6.45) is -0.784. The molecule has 0 aromatic rings. The van der Waals surface area contributed by atoms with E-state index in [1.165, 1.54) is 0 Å². The Morgan fingerprint density at radius 3 is 2.38 bits per heavy atom. The van der Waals surface area contributed by atoms with Crippen molar-refractivity contribution in [2.75, 3.05) is 6.54 Å². The maximum Gasteiger partial charge on any atom is 0.231 e. The molecular formula is C3H5NO3S. The lowest BCUT2D eigenvalue weighted by Crippen LogP contribution is -2.53. The lowest BCUT2D eigenvalue weighted by Gasteiger charge is -2.20. The Kier molecular flexibility index (Phi) is 1.33. The fourth-order valence-corrected chi connectivity index (χ4v) is 0.953. The number of hydrogen-bond acceptors (Lipinski definition) is 3. The minimum absolute atomic E-state index is 0.00463. The van der Waals surface area contributed by atoms with Gasteiger partial charge in [-0.2, -0.15) is 8.42 Å². The van der Waals surface area contributed by atoms with Gasteiger partial charge >= 0.3 is 0 Å². The van der Waals surface area contributed by atoms with E-state index in [2.05, 4.69) is 5.32 Å². The molecule has 0 bridgehead atoms. The third-order valence-corrected chi connectivity index (χ3v) is 1.73. The van der Waals surface area contributed by atoms with Gasteiger partial charge in [0, 0.05) is 6.54 Å². The van der Waals surface area contributed by atoms with Gasteiger partial charge in [-0.3, -0.25) is 5.32 Å². The standard InChI is InChI=1S/C3H5NO3S/c5-2-1-4-3(2)8(6)7/h2,4-5H,1H2. The second-order valence-corrected chi connectivity index (χ2v) is 2.40. The summed E-state index contributed by atoms with van der Waals surface area (Å²) in [5.41, 5.74) is 0. The van der Waals surface area contributed by atoms with Crippen LogP contribution >= 0.6 is 0 Å². The number of aliphatic hydroxyl groups excluding tert-OH is 1. The molecule has 1 heterocycles. The van der Waals surface area contributed by atoms with E-state index in [0.29, 0.717) is 6.54 Å². The number of β-amino-alcohol motifs (C(OH)–C–C–N with tert-alkyl or cyclic N) is 1. The molecule has 1 aliphatic heterocycles. The predicted molar refractivity (Wildman–Crippen MR) is 27.9 cm³/mol. The molecule has 8 heavy (non-hydrogen) atoms. The summed E-state index contributed by atoms with van der Waals surface area (Å²) >= 11 is 0. The topological polar surface area (TPSA) is 66.4 Å². The molecule has 5 heteroatoms. The molecule has 4 nitrogen and oxygen atoms in total. The quantitative estimate of drug-likeness (QED) is 0.375. The third-order valence-electron chi connectivity index (χ3n) is 0.952. The van der Waals surface area contributed by atoms with Crippen LogP contribution in [0.1, 0.15) is 0 Å². The van der Waals surface area contributed by atoms with Gasteiger partial charge in [-0.05, 0) is 0 Å². The van der Waals surface area contributed by atoms with Gasteiger partial charge in [0.2, 0.25) is 10.3 Å². The van der Waals surface area contributed by atoms with Gasteiger partial charge < -0.3 is 5.11 Å². The van der Waals surface area contributed by atoms with E-state index in [0.717, 1.165) is 0 Å². The molecule has 1 unspecified atom stereocenters. The van der Waals surface area contributed by atoms with Crippen molar-refractivity contribution in [1.29, 1.82) is 0 Å². The van der Waals surface area contributed by atoms with E-state index in [4.69, 9.17) is 5.11 Å². The fourth-order valence-electron chi connectivity index (χ4n) is 0.447. The minimum Gasteiger partial charge on any atom is -0.385 e. The molecular weight excluding hydrogens is 130 g/mol. The number of rotatable bonds is 0. The van der Waals surface area contributed by atoms with Crippen LogP contribution in [0.3, 0.4) is 0 Å². The van der Waals surface area contributed by atoms with E-state index in [1.54, 1.807) is 0 Å². The summed E-state index contributed by atoms with van der Waals surface area (Å²) in [6.45, 7) is 0.351. The zero-order valence-corrected chi connectivity index (χ0v) is 4.77. The Morgan fingerprint density at radius 2 is 2.38 bits per heavy atom. The summed E-state index contributed by atoms with van der Waals surface area (Å²) in [5, 5.41) is 11.0. The summed E-state index contributed by atoms with van der Waals surface area (Å²) in [6, 6.07) is 0. The Hall–Kier alpha value is -0.390. The van der Waals surface area contributed by atoms with Crippen molar-refractivity contribution in [3.05, 3.63) is 0 Å². The molecule has 0 aromatic carbocycles. The number of aliphatic hydroxyl groups is 1. The molecule has 2 N–H and O–H groups in total. The highest BCUT2D eigenvalue weighted by Gasteiger charge is 2.23. The largest absolute Gasteiger partial charge is 0.385 e. The van der Waals surface area contributed by atoms with Crippen molar-refractivity contribution in [2.45, 2.75) is 6.10 Å². The van der Waals surface area contributed by atoms with Crippen molar-refractivity contribution in [1.82, 2.24) is 5.32 Å². The predicted octanol–water partition coefficient (Wildman–Crippen LogP) is -2.04. The minimum atomic E-state index is -2.25. The van der Waals surface area contributed by atoms with Crippen molar-refractivity contribution in [3.8, 4) is 0 Å². The third kappa shape index (κ3) is 0.750. The van der Waals surface area contributed by atoms with E-state index in [-0.39, 0.29) is 4.99 Å². The summed E-state index contributed by atoms with van der Waals surface area (Å²) in [4.78, 5) is 0.00463. The van der Waals surface area contributed by atoms with E-state index < -0.39 is 16.4 Å². The van der Waals surface area contributed by atoms with Gasteiger partial charge in [0.05, 0.1) is 0 Å². The Morgan fingerprint density at radius 1 is 1.75 bits per heavy atom. The van der Waals surface area contributed by atoms with E-state index >= 15 is 0 Å². The second-order valence-electron chi connectivity index (χ2n) is 1.50. The molecule has 1 saturated heterocycles. The Balaban J connectivity index is 2.92. The smallest absolute Gasteiger partial charge is 0.231 e. The van der Waals surface area contributed by atoms with Crippen LogP contribution in [0.4, 0.5) is 0 Å². The van der Waals surface area contributed by atoms with Gasteiger partial charge in [0.15, 0.2) is 0 Å². The second kappa shape index (κ2) is 1.85. The highest BCUT2D eigenvalue weighted by atomic mass is 32.2. The van der Waals surface area contributed by atoms with Crippen LogP contribution in [0.25, 0.3) is 0 Å². The molecule has 0 spiro atoms.